The minimum absolute atomic E-state index is 0.0300. The van der Waals surface area contributed by atoms with Crippen molar-refractivity contribution in [3.8, 4) is 0 Å². The molecule has 0 amide bonds. The molecule has 1 aromatic carbocycles. The van der Waals surface area contributed by atoms with Crippen molar-refractivity contribution in [2.45, 2.75) is 36.2 Å². The van der Waals surface area contributed by atoms with Crippen LogP contribution in [0.5, 0.6) is 0 Å². The lowest BCUT2D eigenvalue weighted by atomic mass is 9.83. The van der Waals surface area contributed by atoms with E-state index < -0.39 is 21.8 Å². The molecule has 5 heteroatoms. The summed E-state index contributed by atoms with van der Waals surface area (Å²) in [5.41, 5.74) is 1.11. The Kier molecular flexibility index (Phi) is 3.46. The first kappa shape index (κ1) is 15.1. The monoisotopic (exact) mass is 332 g/mol. The molecule has 2 fully saturated rings. The van der Waals surface area contributed by atoms with Gasteiger partial charge < -0.3 is 9.47 Å². The summed E-state index contributed by atoms with van der Waals surface area (Å²) in [6.45, 7) is 4.35. The minimum Gasteiger partial charge on any atom is -0.434 e. The quantitative estimate of drug-likeness (QED) is 0.628. The summed E-state index contributed by atoms with van der Waals surface area (Å²) in [4.78, 5) is 13.5. The van der Waals surface area contributed by atoms with Crippen LogP contribution in [0.25, 0.3) is 0 Å². The fraction of sp³-hybridized carbons (Fsp3) is 0.500. The summed E-state index contributed by atoms with van der Waals surface area (Å²) >= 11 is 0. The van der Waals surface area contributed by atoms with Gasteiger partial charge in [0, 0.05) is 17.4 Å². The molecule has 122 valence electrons. The molecule has 4 nitrogen and oxygen atoms in total. The van der Waals surface area contributed by atoms with Crippen molar-refractivity contribution in [3.05, 3.63) is 42.0 Å². The number of esters is 1. The number of ether oxygens (including phenoxy) is 2. The molecule has 2 aliphatic carbocycles. The molecule has 0 aromatic heterocycles. The fourth-order valence-electron chi connectivity index (χ4n) is 4.33. The molecule has 6 atom stereocenters. The number of carbonyl (C=O) groups is 1. The van der Waals surface area contributed by atoms with Crippen LogP contribution in [0.3, 0.4) is 0 Å². The highest BCUT2D eigenvalue weighted by molar-refractivity contribution is 7.87. The molecule has 3 aliphatic rings. The Hall–Kier alpha value is -1.46. The molecule has 0 radical (unpaired) electrons. The summed E-state index contributed by atoms with van der Waals surface area (Å²) in [5, 5.41) is 0. The number of benzene rings is 1. The Labute approximate surface area is 138 Å². The van der Waals surface area contributed by atoms with Crippen LogP contribution in [0, 0.1) is 24.7 Å². The number of rotatable bonds is 4. The Bertz CT molecular complexity index is 695. The Morgan fingerprint density at radius 3 is 2.74 bits per heavy atom. The third-order valence-electron chi connectivity index (χ3n) is 5.33. The Balaban J connectivity index is 1.80. The van der Waals surface area contributed by atoms with E-state index >= 15 is 0 Å². The van der Waals surface area contributed by atoms with E-state index in [4.69, 9.17) is 9.47 Å². The maximum atomic E-state index is 13.4. The standard InChI is InChI=1S/C18H20O4S/c1-3-21-16-15-12-6-7-13(10-12)18(15,17(19)22-16)23(20)14-8-4-11(2)5-9-14/h4-9,12-13,15-16H,3,10H2,1-2H3/t12-,13+,15-,16+,18+,23+/m1/s1. The zero-order valence-corrected chi connectivity index (χ0v) is 14.0. The highest BCUT2D eigenvalue weighted by atomic mass is 32.2. The van der Waals surface area contributed by atoms with Crippen molar-refractivity contribution >= 4 is 16.8 Å². The smallest absolute Gasteiger partial charge is 0.328 e. The van der Waals surface area contributed by atoms with E-state index in [1.807, 2.05) is 44.2 Å². The third-order valence-corrected chi connectivity index (χ3v) is 7.39. The van der Waals surface area contributed by atoms with Gasteiger partial charge in [0.1, 0.15) is 0 Å². The van der Waals surface area contributed by atoms with E-state index in [-0.39, 0.29) is 23.7 Å². The lowest BCUT2D eigenvalue weighted by Gasteiger charge is -2.32. The first-order chi connectivity index (χ1) is 11.1. The summed E-state index contributed by atoms with van der Waals surface area (Å²) < 4.78 is 23.6. The van der Waals surface area contributed by atoms with Gasteiger partial charge in [-0.05, 0) is 38.3 Å². The number of fused-ring (bicyclic) bond motifs is 5. The lowest BCUT2D eigenvalue weighted by Crippen LogP contribution is -2.49. The van der Waals surface area contributed by atoms with Gasteiger partial charge in [-0.15, -0.1) is 0 Å². The van der Waals surface area contributed by atoms with Crippen LogP contribution in [0.4, 0.5) is 0 Å². The average Bonchev–Trinajstić information content (AvgIpc) is 3.20. The predicted molar refractivity (Wildman–Crippen MR) is 86.1 cm³/mol. The molecule has 0 N–H and O–H groups in total. The molecule has 0 unspecified atom stereocenters. The van der Waals surface area contributed by atoms with Gasteiger partial charge in [0.15, 0.2) is 4.75 Å². The highest BCUT2D eigenvalue weighted by Crippen LogP contribution is 2.60. The van der Waals surface area contributed by atoms with Gasteiger partial charge in [0.25, 0.3) is 0 Å². The van der Waals surface area contributed by atoms with Gasteiger partial charge >= 0.3 is 5.97 Å². The first-order valence-electron chi connectivity index (χ1n) is 8.08. The Morgan fingerprint density at radius 1 is 1.30 bits per heavy atom. The maximum absolute atomic E-state index is 13.4. The maximum Gasteiger partial charge on any atom is 0.328 e. The molecule has 1 heterocycles. The number of carbonyl (C=O) groups excluding carboxylic acids is 1. The van der Waals surface area contributed by atoms with Gasteiger partial charge in [0.2, 0.25) is 6.29 Å². The highest BCUT2D eigenvalue weighted by Gasteiger charge is 2.72. The Morgan fingerprint density at radius 2 is 2.04 bits per heavy atom. The number of hydrogen-bond acceptors (Lipinski definition) is 4. The second-order valence-electron chi connectivity index (χ2n) is 6.52. The van der Waals surface area contributed by atoms with E-state index in [9.17, 15) is 9.00 Å². The molecule has 0 spiro atoms. The topological polar surface area (TPSA) is 52.6 Å². The van der Waals surface area contributed by atoms with Crippen LogP contribution in [-0.2, 0) is 25.1 Å². The van der Waals surface area contributed by atoms with Gasteiger partial charge in [-0.1, -0.05) is 29.8 Å². The molecular weight excluding hydrogens is 312 g/mol. The van der Waals surface area contributed by atoms with Crippen molar-refractivity contribution in [1.82, 2.24) is 0 Å². The first-order valence-corrected chi connectivity index (χ1v) is 9.23. The molecule has 2 bridgehead atoms. The van der Waals surface area contributed by atoms with Crippen molar-refractivity contribution in [1.29, 1.82) is 0 Å². The van der Waals surface area contributed by atoms with Crippen molar-refractivity contribution in [2.24, 2.45) is 17.8 Å². The van der Waals surface area contributed by atoms with Crippen molar-refractivity contribution < 1.29 is 18.5 Å². The number of aryl methyl sites for hydroxylation is 1. The minimum atomic E-state index is -1.45. The van der Waals surface area contributed by atoms with Crippen LogP contribution >= 0.6 is 0 Å². The molecule has 23 heavy (non-hydrogen) atoms. The second-order valence-corrected chi connectivity index (χ2v) is 8.21. The van der Waals surface area contributed by atoms with Gasteiger partial charge in [0.05, 0.1) is 16.7 Å². The van der Waals surface area contributed by atoms with Crippen LogP contribution in [0.15, 0.2) is 41.3 Å². The summed E-state index contributed by atoms with van der Waals surface area (Å²) in [5.74, 6) is -0.348. The van der Waals surface area contributed by atoms with Gasteiger partial charge in [-0.25, -0.2) is 0 Å². The molecule has 1 aromatic rings. The summed E-state index contributed by atoms with van der Waals surface area (Å²) in [7, 11) is -1.45. The van der Waals surface area contributed by atoms with E-state index in [1.54, 1.807) is 0 Å². The fourth-order valence-corrected chi connectivity index (χ4v) is 6.29. The molecule has 4 rings (SSSR count). The van der Waals surface area contributed by atoms with Crippen LogP contribution in [0.2, 0.25) is 0 Å². The second kappa shape index (κ2) is 5.28. The zero-order chi connectivity index (χ0) is 16.2. The normalized spacial score (nSPS) is 38.6. The largest absolute Gasteiger partial charge is 0.434 e. The molecule has 1 aliphatic heterocycles. The van der Waals surface area contributed by atoms with Crippen LogP contribution < -0.4 is 0 Å². The predicted octanol–water partition coefficient (Wildman–Crippen LogP) is 2.58. The van der Waals surface area contributed by atoms with E-state index in [2.05, 4.69) is 6.08 Å². The lowest BCUT2D eigenvalue weighted by molar-refractivity contribution is -0.168. The molecular formula is C18H20O4S. The number of cyclic esters (lactones) is 1. The average molecular weight is 332 g/mol. The molecule has 1 saturated carbocycles. The summed E-state index contributed by atoms with van der Waals surface area (Å²) in [6, 6.07) is 7.58. The SMILES string of the molecule is CCO[C@H]1OC(=O)[C@@]2([S@@](=O)c3ccc(C)cc3)[C@@H]1[C@@H]1C=C[C@H]2C1. The van der Waals surface area contributed by atoms with Gasteiger partial charge in [-0.3, -0.25) is 9.00 Å². The summed E-state index contributed by atoms with van der Waals surface area (Å²) in [6.07, 6.45) is 4.46. The van der Waals surface area contributed by atoms with E-state index in [1.165, 1.54) is 0 Å². The van der Waals surface area contributed by atoms with Gasteiger partial charge in [-0.2, -0.15) is 0 Å². The zero-order valence-electron chi connectivity index (χ0n) is 13.2. The molecule has 1 saturated heterocycles. The van der Waals surface area contributed by atoms with Crippen LogP contribution in [0.1, 0.15) is 18.9 Å². The van der Waals surface area contributed by atoms with E-state index in [0.29, 0.717) is 11.5 Å². The van der Waals surface area contributed by atoms with Crippen LogP contribution in [-0.4, -0.2) is 27.8 Å². The third kappa shape index (κ3) is 1.93. The van der Waals surface area contributed by atoms with Crippen molar-refractivity contribution in [2.75, 3.05) is 6.61 Å². The van der Waals surface area contributed by atoms with E-state index in [0.717, 1.165) is 12.0 Å². The number of hydrogen-bond donors (Lipinski definition) is 0. The number of allylic oxidation sites excluding steroid dienone is 2. The van der Waals surface area contributed by atoms with Crippen molar-refractivity contribution in [3.63, 3.8) is 0 Å².